The molecule has 0 saturated heterocycles. The average molecular weight is 272 g/mol. The Kier molecular flexibility index (Phi) is 4.23. The minimum absolute atomic E-state index is 0.00560. The van der Waals surface area contributed by atoms with Crippen molar-refractivity contribution in [1.29, 1.82) is 0 Å². The molecule has 0 amide bonds. The van der Waals surface area contributed by atoms with Gasteiger partial charge in [0.25, 0.3) is 0 Å². The highest BCUT2D eigenvalue weighted by Crippen LogP contribution is 2.19. The van der Waals surface area contributed by atoms with Gasteiger partial charge in [0.1, 0.15) is 6.04 Å². The fraction of sp³-hybridized carbons (Fsp3) is 0.375. The highest BCUT2D eigenvalue weighted by atomic mass is 16.4. The number of rotatable bonds is 5. The monoisotopic (exact) mass is 272 g/mol. The third-order valence-corrected chi connectivity index (χ3v) is 3.80. The lowest BCUT2D eigenvalue weighted by atomic mass is 9.91. The Morgan fingerprint density at radius 3 is 2.65 bits per heavy atom. The summed E-state index contributed by atoms with van der Waals surface area (Å²) < 4.78 is 0. The third-order valence-electron chi connectivity index (χ3n) is 3.80. The fourth-order valence-corrected chi connectivity index (χ4v) is 2.15. The Morgan fingerprint density at radius 2 is 2.00 bits per heavy atom. The number of nitrogens with zero attached hydrogens (tertiary/aromatic N) is 1. The number of aromatic amines is 1. The molecule has 0 aliphatic carbocycles. The van der Waals surface area contributed by atoms with Gasteiger partial charge in [-0.1, -0.05) is 39.0 Å². The van der Waals surface area contributed by atoms with Crippen LogP contribution in [0.1, 0.15) is 26.3 Å². The van der Waals surface area contributed by atoms with E-state index in [1.165, 1.54) is 0 Å². The zero-order valence-corrected chi connectivity index (χ0v) is 12.0. The number of fused-ring (bicyclic) bond motifs is 1. The van der Waals surface area contributed by atoms with Gasteiger partial charge in [-0.3, -0.25) is 4.99 Å². The van der Waals surface area contributed by atoms with Crippen molar-refractivity contribution in [2.75, 3.05) is 0 Å². The molecule has 0 unspecified atom stereocenters. The largest absolute Gasteiger partial charge is 0.480 e. The lowest BCUT2D eigenvalue weighted by Gasteiger charge is -2.19. The zero-order chi connectivity index (χ0) is 14.7. The molecule has 2 rings (SSSR count). The molecule has 0 bridgehead atoms. The highest BCUT2D eigenvalue weighted by Gasteiger charge is 2.25. The molecule has 0 aliphatic heterocycles. The van der Waals surface area contributed by atoms with E-state index in [1.54, 1.807) is 6.21 Å². The Bertz CT molecular complexity index is 628. The van der Waals surface area contributed by atoms with Crippen LogP contribution in [0.3, 0.4) is 0 Å². The lowest BCUT2D eigenvalue weighted by Crippen LogP contribution is -2.29. The maximum atomic E-state index is 11.3. The van der Waals surface area contributed by atoms with E-state index in [9.17, 15) is 9.90 Å². The second-order valence-electron chi connectivity index (χ2n) is 5.45. The van der Waals surface area contributed by atoms with Crippen molar-refractivity contribution < 1.29 is 9.90 Å². The number of hydrogen-bond donors (Lipinski definition) is 2. The summed E-state index contributed by atoms with van der Waals surface area (Å²) in [5, 5.41) is 10.4. The molecule has 2 aromatic rings. The first-order chi connectivity index (χ1) is 9.50. The number of aliphatic carboxylic acids is 1. The molecule has 4 nitrogen and oxygen atoms in total. The van der Waals surface area contributed by atoms with Gasteiger partial charge >= 0.3 is 5.97 Å². The van der Waals surface area contributed by atoms with E-state index in [-0.39, 0.29) is 11.8 Å². The first kappa shape index (κ1) is 14.3. The van der Waals surface area contributed by atoms with Crippen molar-refractivity contribution in [1.82, 2.24) is 4.98 Å². The molecule has 2 atom stereocenters. The predicted octanol–water partition coefficient (Wildman–Crippen LogP) is 3.33. The standard InChI is InChI=1S/C16H20N2O2/c1-10(2)11(3)15(16(19)20)18-9-12-8-17-14-7-5-4-6-13(12)14/h4-11,15,17H,1-3H3,(H,19,20)/t11-,15+/m1/s1. The summed E-state index contributed by atoms with van der Waals surface area (Å²) in [6.45, 7) is 5.96. The summed E-state index contributed by atoms with van der Waals surface area (Å²) in [7, 11) is 0. The summed E-state index contributed by atoms with van der Waals surface area (Å²) in [5.41, 5.74) is 1.94. The van der Waals surface area contributed by atoms with E-state index in [1.807, 2.05) is 51.2 Å². The quantitative estimate of drug-likeness (QED) is 0.820. The van der Waals surface area contributed by atoms with Crippen LogP contribution in [0.2, 0.25) is 0 Å². The summed E-state index contributed by atoms with van der Waals surface area (Å²) in [4.78, 5) is 18.8. The molecular weight excluding hydrogens is 252 g/mol. The third kappa shape index (κ3) is 2.90. The van der Waals surface area contributed by atoms with Crippen LogP contribution >= 0.6 is 0 Å². The topological polar surface area (TPSA) is 65.5 Å². The molecule has 20 heavy (non-hydrogen) atoms. The van der Waals surface area contributed by atoms with Gasteiger partial charge in [-0.2, -0.15) is 0 Å². The van der Waals surface area contributed by atoms with E-state index in [0.717, 1.165) is 16.5 Å². The number of aliphatic imine (C=N–C) groups is 1. The van der Waals surface area contributed by atoms with Crippen LogP contribution in [0, 0.1) is 11.8 Å². The Labute approximate surface area is 118 Å². The van der Waals surface area contributed by atoms with E-state index in [4.69, 9.17) is 0 Å². The fourth-order valence-electron chi connectivity index (χ4n) is 2.15. The van der Waals surface area contributed by atoms with E-state index in [2.05, 4.69) is 9.98 Å². The second kappa shape index (κ2) is 5.90. The number of H-pyrrole nitrogens is 1. The van der Waals surface area contributed by atoms with Crippen molar-refractivity contribution in [2.24, 2.45) is 16.8 Å². The number of para-hydroxylation sites is 1. The number of nitrogens with one attached hydrogen (secondary N) is 1. The Balaban J connectivity index is 2.28. The summed E-state index contributed by atoms with van der Waals surface area (Å²) in [6.07, 6.45) is 3.52. The molecule has 0 fully saturated rings. The van der Waals surface area contributed by atoms with Crippen LogP contribution in [0.5, 0.6) is 0 Å². The molecule has 0 saturated carbocycles. The normalized spacial score (nSPS) is 15.0. The maximum absolute atomic E-state index is 11.3. The minimum Gasteiger partial charge on any atom is -0.480 e. The smallest absolute Gasteiger partial charge is 0.328 e. The molecule has 0 aliphatic rings. The number of aromatic nitrogens is 1. The number of benzene rings is 1. The van der Waals surface area contributed by atoms with Gasteiger partial charge in [0, 0.05) is 28.9 Å². The van der Waals surface area contributed by atoms with Gasteiger partial charge in [-0.05, 0) is 17.9 Å². The van der Waals surface area contributed by atoms with Crippen molar-refractivity contribution in [2.45, 2.75) is 26.8 Å². The maximum Gasteiger partial charge on any atom is 0.328 e. The molecular formula is C16H20N2O2. The lowest BCUT2D eigenvalue weighted by molar-refractivity contribution is -0.140. The SMILES string of the molecule is CC(C)[C@@H](C)[C@H](N=Cc1c[nH]c2ccccc12)C(=O)O. The van der Waals surface area contributed by atoms with Crippen molar-refractivity contribution in [3.63, 3.8) is 0 Å². The summed E-state index contributed by atoms with van der Waals surface area (Å²) >= 11 is 0. The number of hydrogen-bond acceptors (Lipinski definition) is 2. The molecule has 2 N–H and O–H groups in total. The van der Waals surface area contributed by atoms with Gasteiger partial charge in [0.05, 0.1) is 0 Å². The van der Waals surface area contributed by atoms with E-state index < -0.39 is 12.0 Å². The second-order valence-corrected chi connectivity index (χ2v) is 5.45. The molecule has 1 aromatic carbocycles. The Morgan fingerprint density at radius 1 is 1.30 bits per heavy atom. The zero-order valence-electron chi connectivity index (χ0n) is 12.0. The number of carboxylic acid groups (broad SMARTS) is 1. The first-order valence-electron chi connectivity index (χ1n) is 6.82. The average Bonchev–Trinajstić information content (AvgIpc) is 2.82. The van der Waals surface area contributed by atoms with Gasteiger partial charge in [-0.15, -0.1) is 0 Å². The predicted molar refractivity (Wildman–Crippen MR) is 81.3 cm³/mol. The van der Waals surface area contributed by atoms with E-state index >= 15 is 0 Å². The van der Waals surface area contributed by atoms with Crippen LogP contribution in [0.15, 0.2) is 35.5 Å². The molecule has 4 heteroatoms. The summed E-state index contributed by atoms with van der Waals surface area (Å²) in [5.74, 6) is -0.604. The van der Waals surface area contributed by atoms with Crippen LogP contribution in [0.4, 0.5) is 0 Å². The minimum atomic E-state index is -0.873. The number of carbonyl (C=O) groups is 1. The molecule has 106 valence electrons. The summed E-state index contributed by atoms with van der Waals surface area (Å²) in [6, 6.07) is 7.19. The van der Waals surface area contributed by atoms with Crippen molar-refractivity contribution in [3.05, 3.63) is 36.0 Å². The molecule has 1 aromatic heterocycles. The molecule has 1 heterocycles. The first-order valence-corrected chi connectivity index (χ1v) is 6.82. The van der Waals surface area contributed by atoms with Crippen LogP contribution in [0.25, 0.3) is 10.9 Å². The van der Waals surface area contributed by atoms with E-state index in [0.29, 0.717) is 0 Å². The number of carboxylic acids is 1. The van der Waals surface area contributed by atoms with Crippen LogP contribution < -0.4 is 0 Å². The van der Waals surface area contributed by atoms with Crippen LogP contribution in [-0.2, 0) is 4.79 Å². The van der Waals surface area contributed by atoms with Crippen molar-refractivity contribution >= 4 is 23.1 Å². The van der Waals surface area contributed by atoms with Gasteiger partial charge in [0.15, 0.2) is 0 Å². The van der Waals surface area contributed by atoms with Crippen molar-refractivity contribution in [3.8, 4) is 0 Å². The van der Waals surface area contributed by atoms with Gasteiger partial charge < -0.3 is 10.1 Å². The molecule has 0 spiro atoms. The van der Waals surface area contributed by atoms with Crippen LogP contribution in [-0.4, -0.2) is 28.3 Å². The van der Waals surface area contributed by atoms with Gasteiger partial charge in [0.2, 0.25) is 0 Å². The van der Waals surface area contributed by atoms with Gasteiger partial charge in [-0.25, -0.2) is 4.79 Å². The Hall–Kier alpha value is -2.10. The molecule has 0 radical (unpaired) electrons. The highest BCUT2D eigenvalue weighted by molar-refractivity contribution is 5.99.